The van der Waals surface area contributed by atoms with E-state index in [1.807, 2.05) is 18.2 Å². The molecule has 0 spiro atoms. The number of hydrogen-bond donors (Lipinski definition) is 2. The van der Waals surface area contributed by atoms with Gasteiger partial charge in [0.1, 0.15) is 5.75 Å². The Labute approximate surface area is 99.0 Å². The molecule has 1 aliphatic rings. The predicted octanol–water partition coefficient (Wildman–Crippen LogP) is 2.07. The van der Waals surface area contributed by atoms with Crippen LogP contribution in [-0.4, -0.2) is 24.0 Å². The number of ether oxygens (including phenoxy) is 1. The first-order chi connectivity index (χ1) is 8.28. The molecule has 1 fully saturated rings. The highest BCUT2D eigenvalue weighted by Gasteiger charge is 2.24. The number of carbonyl (C=O) groups excluding carboxylic acids is 1. The molecule has 1 saturated carbocycles. The predicted molar refractivity (Wildman–Crippen MR) is 65.3 cm³/mol. The fraction of sp³-hybridized carbons (Fsp3) is 0.308. The molecular weight excluding hydrogens is 216 g/mol. The highest BCUT2D eigenvalue weighted by Crippen LogP contribution is 2.24. The second-order valence-corrected chi connectivity index (χ2v) is 4.36. The highest BCUT2D eigenvalue weighted by atomic mass is 16.5. The van der Waals surface area contributed by atoms with Crippen molar-refractivity contribution in [2.24, 2.45) is 0 Å². The van der Waals surface area contributed by atoms with E-state index in [-0.39, 0.29) is 5.91 Å². The summed E-state index contributed by atoms with van der Waals surface area (Å²) in [5.74, 6) is 0.789. The Kier molecular flexibility index (Phi) is 2.28. The van der Waals surface area contributed by atoms with Gasteiger partial charge in [-0.15, -0.1) is 0 Å². The topological polar surface area (TPSA) is 54.1 Å². The van der Waals surface area contributed by atoms with Gasteiger partial charge in [0.15, 0.2) is 0 Å². The molecule has 1 aromatic heterocycles. The van der Waals surface area contributed by atoms with Crippen molar-refractivity contribution < 1.29 is 9.53 Å². The summed E-state index contributed by atoms with van der Waals surface area (Å²) in [4.78, 5) is 15.1. The zero-order chi connectivity index (χ0) is 11.8. The van der Waals surface area contributed by atoms with Crippen molar-refractivity contribution in [3.05, 3.63) is 30.0 Å². The number of fused-ring (bicyclic) bond motifs is 1. The Morgan fingerprint density at radius 3 is 3.00 bits per heavy atom. The Hall–Kier alpha value is -1.97. The molecule has 4 nitrogen and oxygen atoms in total. The summed E-state index contributed by atoms with van der Waals surface area (Å²) in [6, 6.07) is 6.05. The van der Waals surface area contributed by atoms with Crippen molar-refractivity contribution in [3.8, 4) is 5.75 Å². The molecule has 3 rings (SSSR count). The van der Waals surface area contributed by atoms with Gasteiger partial charge in [0, 0.05) is 29.2 Å². The van der Waals surface area contributed by atoms with Gasteiger partial charge in [0.2, 0.25) is 0 Å². The Balaban J connectivity index is 1.96. The third kappa shape index (κ3) is 1.86. The molecule has 2 aromatic rings. The number of aromatic amines is 1. The van der Waals surface area contributed by atoms with Crippen molar-refractivity contribution in [2.75, 3.05) is 7.11 Å². The van der Waals surface area contributed by atoms with Gasteiger partial charge in [-0.3, -0.25) is 4.79 Å². The summed E-state index contributed by atoms with van der Waals surface area (Å²) in [6.07, 6.45) is 3.95. The molecule has 2 N–H and O–H groups in total. The number of rotatable bonds is 3. The summed E-state index contributed by atoms with van der Waals surface area (Å²) in [6.45, 7) is 0. The van der Waals surface area contributed by atoms with E-state index in [9.17, 15) is 4.79 Å². The fourth-order valence-corrected chi connectivity index (χ4v) is 1.91. The largest absolute Gasteiger partial charge is 0.497 e. The van der Waals surface area contributed by atoms with Crippen LogP contribution < -0.4 is 10.1 Å². The van der Waals surface area contributed by atoms with Gasteiger partial charge in [0.25, 0.3) is 5.91 Å². The molecule has 0 bridgehead atoms. The van der Waals surface area contributed by atoms with E-state index in [4.69, 9.17) is 4.74 Å². The van der Waals surface area contributed by atoms with E-state index in [2.05, 4.69) is 10.3 Å². The second-order valence-electron chi connectivity index (χ2n) is 4.36. The molecule has 4 heteroatoms. The molecule has 17 heavy (non-hydrogen) atoms. The number of methoxy groups -OCH3 is 1. The average molecular weight is 230 g/mol. The molecule has 0 saturated heterocycles. The maximum absolute atomic E-state index is 12.0. The van der Waals surface area contributed by atoms with Crippen molar-refractivity contribution in [1.29, 1.82) is 0 Å². The molecule has 0 atom stereocenters. The number of nitrogens with one attached hydrogen (secondary N) is 2. The lowest BCUT2D eigenvalue weighted by Gasteiger charge is -2.02. The van der Waals surface area contributed by atoms with Crippen LogP contribution >= 0.6 is 0 Å². The molecule has 0 aliphatic heterocycles. The number of aromatic nitrogens is 1. The van der Waals surface area contributed by atoms with Crippen LogP contribution in [0.2, 0.25) is 0 Å². The van der Waals surface area contributed by atoms with Crippen molar-refractivity contribution in [3.63, 3.8) is 0 Å². The van der Waals surface area contributed by atoms with E-state index >= 15 is 0 Å². The van der Waals surface area contributed by atoms with Crippen LogP contribution in [0.5, 0.6) is 5.75 Å². The van der Waals surface area contributed by atoms with E-state index in [1.165, 1.54) is 0 Å². The van der Waals surface area contributed by atoms with Gasteiger partial charge in [-0.05, 0) is 25.0 Å². The smallest absolute Gasteiger partial charge is 0.253 e. The van der Waals surface area contributed by atoms with Crippen molar-refractivity contribution in [1.82, 2.24) is 10.3 Å². The molecule has 1 amide bonds. The van der Waals surface area contributed by atoms with E-state index in [0.717, 1.165) is 29.5 Å². The minimum absolute atomic E-state index is 0.00363. The van der Waals surface area contributed by atoms with Crippen LogP contribution in [0.15, 0.2) is 24.4 Å². The second kappa shape index (κ2) is 3.80. The van der Waals surface area contributed by atoms with E-state index < -0.39 is 0 Å². The lowest BCUT2D eigenvalue weighted by molar-refractivity contribution is 0.0953. The first-order valence-electron chi connectivity index (χ1n) is 5.74. The van der Waals surface area contributed by atoms with Gasteiger partial charge in [-0.2, -0.15) is 0 Å². The highest BCUT2D eigenvalue weighted by molar-refractivity contribution is 6.07. The molecule has 1 aliphatic carbocycles. The summed E-state index contributed by atoms with van der Waals surface area (Å²) >= 11 is 0. The van der Waals surface area contributed by atoms with E-state index in [1.54, 1.807) is 13.3 Å². The Bertz CT molecular complexity index is 570. The van der Waals surface area contributed by atoms with Crippen LogP contribution in [0.1, 0.15) is 23.2 Å². The third-order valence-electron chi connectivity index (χ3n) is 3.05. The minimum Gasteiger partial charge on any atom is -0.497 e. The maximum Gasteiger partial charge on any atom is 0.253 e. The van der Waals surface area contributed by atoms with Crippen molar-refractivity contribution in [2.45, 2.75) is 18.9 Å². The molecule has 1 aromatic carbocycles. The fourth-order valence-electron chi connectivity index (χ4n) is 1.91. The molecule has 0 radical (unpaired) electrons. The number of amides is 1. The zero-order valence-corrected chi connectivity index (χ0v) is 9.62. The number of H-pyrrole nitrogens is 1. The first-order valence-corrected chi connectivity index (χ1v) is 5.74. The molecule has 1 heterocycles. The lowest BCUT2D eigenvalue weighted by atomic mass is 10.1. The Morgan fingerprint density at radius 2 is 2.29 bits per heavy atom. The standard InChI is InChI=1S/C13H14N2O2/c1-17-9-4-5-10-11(7-14-12(10)6-9)13(16)15-8-2-3-8/h4-8,14H,2-3H2,1H3,(H,15,16). The van der Waals surface area contributed by atoms with E-state index in [0.29, 0.717) is 11.6 Å². The lowest BCUT2D eigenvalue weighted by Crippen LogP contribution is -2.24. The number of benzene rings is 1. The summed E-state index contributed by atoms with van der Waals surface area (Å²) < 4.78 is 5.15. The van der Waals surface area contributed by atoms with Gasteiger partial charge in [0.05, 0.1) is 12.7 Å². The SMILES string of the molecule is COc1ccc2c(C(=O)NC3CC3)c[nH]c2c1. The minimum atomic E-state index is 0.00363. The van der Waals surface area contributed by atoms with Crippen LogP contribution in [-0.2, 0) is 0 Å². The quantitative estimate of drug-likeness (QED) is 0.848. The average Bonchev–Trinajstić information content (AvgIpc) is 3.05. The van der Waals surface area contributed by atoms with Crippen LogP contribution in [0, 0.1) is 0 Å². The summed E-state index contributed by atoms with van der Waals surface area (Å²) in [7, 11) is 1.63. The van der Waals surface area contributed by atoms with Gasteiger partial charge >= 0.3 is 0 Å². The van der Waals surface area contributed by atoms with Crippen molar-refractivity contribution >= 4 is 16.8 Å². The molecule has 88 valence electrons. The normalized spacial score (nSPS) is 14.9. The monoisotopic (exact) mass is 230 g/mol. The summed E-state index contributed by atoms with van der Waals surface area (Å²) in [5, 5.41) is 3.92. The number of carbonyl (C=O) groups is 1. The molecule has 0 unspecified atom stereocenters. The van der Waals surface area contributed by atoms with Gasteiger partial charge in [-0.25, -0.2) is 0 Å². The zero-order valence-electron chi connectivity index (χ0n) is 9.62. The van der Waals surface area contributed by atoms with Crippen LogP contribution in [0.4, 0.5) is 0 Å². The first kappa shape index (κ1) is 10.2. The summed E-state index contributed by atoms with van der Waals surface area (Å²) in [5.41, 5.74) is 1.62. The van der Waals surface area contributed by atoms with Crippen LogP contribution in [0.3, 0.4) is 0 Å². The Morgan fingerprint density at radius 1 is 1.47 bits per heavy atom. The maximum atomic E-state index is 12.0. The van der Waals surface area contributed by atoms with Crippen LogP contribution in [0.25, 0.3) is 10.9 Å². The van der Waals surface area contributed by atoms with Gasteiger partial charge < -0.3 is 15.0 Å². The third-order valence-corrected chi connectivity index (χ3v) is 3.05. The molecular formula is C13H14N2O2. The van der Waals surface area contributed by atoms with Gasteiger partial charge in [-0.1, -0.05) is 0 Å². The number of hydrogen-bond acceptors (Lipinski definition) is 2.